The third-order valence-corrected chi connectivity index (χ3v) is 6.39. The number of carbonyl (C=O) groups is 2. The van der Waals surface area contributed by atoms with Crippen LogP contribution < -0.4 is 5.32 Å². The number of benzene rings is 2. The van der Waals surface area contributed by atoms with E-state index >= 15 is 0 Å². The molecule has 2 aromatic carbocycles. The minimum atomic E-state index is -0.0254. The fourth-order valence-electron chi connectivity index (χ4n) is 4.61. The van der Waals surface area contributed by atoms with Gasteiger partial charge in [-0.3, -0.25) is 9.59 Å². The van der Waals surface area contributed by atoms with Gasteiger partial charge in [-0.25, -0.2) is 0 Å². The number of amides is 2. The number of fused-ring (bicyclic) bond motifs is 2. The second-order valence-corrected chi connectivity index (χ2v) is 8.55. The molecule has 5 nitrogen and oxygen atoms in total. The number of hydrogen-bond acceptors (Lipinski definition) is 2. The van der Waals surface area contributed by atoms with Crippen LogP contribution >= 0.6 is 11.6 Å². The summed E-state index contributed by atoms with van der Waals surface area (Å²) >= 11 is 5.86. The molecule has 1 N–H and O–H groups in total. The summed E-state index contributed by atoms with van der Waals surface area (Å²) in [7, 11) is 2.07. The highest BCUT2D eigenvalue weighted by Gasteiger charge is 2.29. The van der Waals surface area contributed by atoms with Crippen LogP contribution in [0.4, 0.5) is 0 Å². The summed E-state index contributed by atoms with van der Waals surface area (Å²) in [6, 6.07) is 15.0. The van der Waals surface area contributed by atoms with Gasteiger partial charge >= 0.3 is 0 Å². The van der Waals surface area contributed by atoms with Crippen molar-refractivity contribution in [1.82, 2.24) is 14.8 Å². The highest BCUT2D eigenvalue weighted by molar-refractivity contribution is 6.27. The van der Waals surface area contributed by atoms with Crippen molar-refractivity contribution >= 4 is 34.3 Å². The summed E-state index contributed by atoms with van der Waals surface area (Å²) in [4.78, 5) is 25.3. The van der Waals surface area contributed by atoms with Gasteiger partial charge in [-0.1, -0.05) is 36.4 Å². The Kier molecular flexibility index (Phi) is 6.33. The van der Waals surface area contributed by atoms with Crippen molar-refractivity contribution in [2.75, 3.05) is 19.0 Å². The van der Waals surface area contributed by atoms with Crippen molar-refractivity contribution in [3.63, 3.8) is 0 Å². The van der Waals surface area contributed by atoms with Gasteiger partial charge in [-0.2, -0.15) is 0 Å². The molecule has 3 aromatic rings. The van der Waals surface area contributed by atoms with Crippen molar-refractivity contribution in [1.29, 1.82) is 0 Å². The van der Waals surface area contributed by atoms with Crippen LogP contribution in [0.15, 0.2) is 48.7 Å². The van der Waals surface area contributed by atoms with Gasteiger partial charge < -0.3 is 14.8 Å². The Morgan fingerprint density at radius 1 is 1.19 bits per heavy atom. The summed E-state index contributed by atoms with van der Waals surface area (Å²) in [6.07, 6.45) is 4.01. The molecule has 0 bridgehead atoms. The van der Waals surface area contributed by atoms with Gasteiger partial charge in [0.2, 0.25) is 11.8 Å². The number of nitrogens with one attached hydrogen (secondary N) is 1. The second-order valence-electron chi connectivity index (χ2n) is 8.29. The van der Waals surface area contributed by atoms with Gasteiger partial charge in [-0.05, 0) is 41.2 Å². The lowest BCUT2D eigenvalue weighted by molar-refractivity contribution is -0.129. The number of rotatable bonds is 6. The van der Waals surface area contributed by atoms with Gasteiger partial charge in [-0.15, -0.1) is 11.6 Å². The smallest absolute Gasteiger partial charge is 0.237 e. The number of aryl methyl sites for hydroxylation is 2. The van der Waals surface area contributed by atoms with Crippen molar-refractivity contribution in [2.24, 2.45) is 7.05 Å². The molecule has 0 radical (unpaired) electrons. The minimum absolute atomic E-state index is 0.00752. The van der Waals surface area contributed by atoms with E-state index in [9.17, 15) is 9.59 Å². The third kappa shape index (κ3) is 4.47. The molecule has 1 aliphatic rings. The SMILES string of the molecule is CC(=O)NCCCc1cn(C)c2cc(C3CN(C(=O)CCl)Cc4ccccc43)ccc12. The predicted molar refractivity (Wildman–Crippen MR) is 124 cm³/mol. The molecule has 2 heterocycles. The molecule has 0 saturated carbocycles. The Hall–Kier alpha value is -2.79. The molecule has 1 aromatic heterocycles. The Morgan fingerprint density at radius 2 is 2.00 bits per heavy atom. The number of alkyl halides is 1. The number of nitrogens with zero attached hydrogens (tertiary/aromatic N) is 2. The zero-order chi connectivity index (χ0) is 22.0. The maximum Gasteiger partial charge on any atom is 0.237 e. The Morgan fingerprint density at radius 3 is 2.77 bits per heavy atom. The highest BCUT2D eigenvalue weighted by atomic mass is 35.5. The van der Waals surface area contributed by atoms with E-state index in [1.54, 1.807) is 6.92 Å². The van der Waals surface area contributed by atoms with Crippen LogP contribution in [0.1, 0.15) is 41.5 Å². The molecular weight excluding hydrogens is 410 g/mol. The molecule has 1 atom stereocenters. The molecular formula is C25H28ClN3O2. The number of aromatic nitrogens is 1. The number of carbonyl (C=O) groups excluding carboxylic acids is 2. The standard InChI is InChI=1S/C25H28ClN3O2/c1-17(30)27-11-5-7-19-14-28(2)24-12-18(9-10-22(19)24)23-16-29(25(31)13-26)15-20-6-3-4-8-21(20)23/h3-4,6,8-10,12,14,23H,5,7,11,13,15-16H2,1-2H3,(H,27,30). The largest absolute Gasteiger partial charge is 0.356 e. The molecule has 1 unspecified atom stereocenters. The van der Waals surface area contributed by atoms with Crippen LogP contribution in [0.3, 0.4) is 0 Å². The first-order chi connectivity index (χ1) is 15.0. The van der Waals surface area contributed by atoms with Crippen molar-refractivity contribution < 1.29 is 9.59 Å². The quantitative estimate of drug-likeness (QED) is 0.468. The van der Waals surface area contributed by atoms with Gasteiger partial charge in [0.05, 0.1) is 0 Å². The molecule has 162 valence electrons. The van der Waals surface area contributed by atoms with E-state index in [2.05, 4.69) is 59.5 Å². The molecule has 0 aliphatic carbocycles. The highest BCUT2D eigenvalue weighted by Crippen LogP contribution is 2.35. The number of halogens is 1. The van der Waals surface area contributed by atoms with Gasteiger partial charge in [0.1, 0.15) is 5.88 Å². The van der Waals surface area contributed by atoms with Gasteiger partial charge in [0, 0.05) is 56.6 Å². The maximum atomic E-state index is 12.4. The molecule has 1 aliphatic heterocycles. The first kappa shape index (κ1) is 21.4. The lowest BCUT2D eigenvalue weighted by Gasteiger charge is -2.35. The average Bonchev–Trinajstić information content (AvgIpc) is 3.10. The average molecular weight is 438 g/mol. The molecule has 6 heteroatoms. The Balaban J connectivity index is 1.64. The summed E-state index contributed by atoms with van der Waals surface area (Å²) in [5.41, 5.74) is 6.15. The molecule has 2 amide bonds. The zero-order valence-electron chi connectivity index (χ0n) is 18.0. The predicted octanol–water partition coefficient (Wildman–Crippen LogP) is 3.96. The first-order valence-electron chi connectivity index (χ1n) is 10.7. The zero-order valence-corrected chi connectivity index (χ0v) is 18.8. The van der Waals surface area contributed by atoms with E-state index in [0.29, 0.717) is 19.6 Å². The fourth-order valence-corrected chi connectivity index (χ4v) is 4.78. The van der Waals surface area contributed by atoms with E-state index < -0.39 is 0 Å². The van der Waals surface area contributed by atoms with Gasteiger partial charge in [0.25, 0.3) is 0 Å². The number of hydrogen-bond donors (Lipinski definition) is 1. The van der Waals surface area contributed by atoms with Crippen LogP contribution in [0.2, 0.25) is 0 Å². The maximum absolute atomic E-state index is 12.4. The van der Waals surface area contributed by atoms with Crippen molar-refractivity contribution in [2.45, 2.75) is 32.2 Å². The van der Waals surface area contributed by atoms with Crippen LogP contribution in [0.25, 0.3) is 10.9 Å². The summed E-state index contributed by atoms with van der Waals surface area (Å²) in [5, 5.41) is 4.11. The molecule has 0 saturated heterocycles. The summed E-state index contributed by atoms with van der Waals surface area (Å²) in [6.45, 7) is 3.49. The fraction of sp³-hybridized carbons (Fsp3) is 0.360. The lowest BCUT2D eigenvalue weighted by Crippen LogP contribution is -2.39. The Bertz CT molecular complexity index is 1120. The van der Waals surface area contributed by atoms with E-state index in [1.165, 1.54) is 33.2 Å². The molecule has 4 rings (SSSR count). The van der Waals surface area contributed by atoms with Crippen LogP contribution in [0, 0.1) is 0 Å². The van der Waals surface area contributed by atoms with Crippen LogP contribution in [0.5, 0.6) is 0 Å². The van der Waals surface area contributed by atoms with Crippen molar-refractivity contribution in [3.8, 4) is 0 Å². The molecule has 0 spiro atoms. The lowest BCUT2D eigenvalue weighted by atomic mass is 9.84. The van der Waals surface area contributed by atoms with Crippen LogP contribution in [-0.2, 0) is 29.6 Å². The summed E-state index contributed by atoms with van der Waals surface area (Å²) < 4.78 is 2.17. The van der Waals surface area contributed by atoms with Crippen molar-refractivity contribution in [3.05, 3.63) is 70.9 Å². The Labute approximate surface area is 188 Å². The first-order valence-corrected chi connectivity index (χ1v) is 11.2. The van der Waals surface area contributed by atoms with E-state index in [4.69, 9.17) is 11.6 Å². The molecule has 31 heavy (non-hydrogen) atoms. The third-order valence-electron chi connectivity index (χ3n) is 6.16. The van der Waals surface area contributed by atoms with Crippen LogP contribution in [-0.4, -0.2) is 40.3 Å². The van der Waals surface area contributed by atoms with E-state index in [-0.39, 0.29) is 23.6 Å². The normalized spacial score (nSPS) is 15.7. The second kappa shape index (κ2) is 9.15. The minimum Gasteiger partial charge on any atom is -0.356 e. The summed E-state index contributed by atoms with van der Waals surface area (Å²) in [5.74, 6) is 0.118. The van der Waals surface area contributed by atoms with E-state index in [0.717, 1.165) is 12.8 Å². The van der Waals surface area contributed by atoms with E-state index in [1.807, 2.05) is 11.0 Å². The molecule has 0 fully saturated rings. The van der Waals surface area contributed by atoms with Gasteiger partial charge in [0.15, 0.2) is 0 Å². The monoisotopic (exact) mass is 437 g/mol. The topological polar surface area (TPSA) is 54.3 Å².